The van der Waals surface area contributed by atoms with Crippen molar-refractivity contribution in [3.63, 3.8) is 0 Å². The lowest BCUT2D eigenvalue weighted by Gasteiger charge is -2.14. The molecular formula is C16H17ClN2O2. The van der Waals surface area contributed by atoms with Gasteiger partial charge in [-0.25, -0.2) is 0 Å². The quantitative estimate of drug-likeness (QED) is 0.620. The number of halogens is 1. The number of nitrogen functional groups attached to an aromatic ring is 1. The van der Waals surface area contributed by atoms with Crippen LogP contribution in [0.1, 0.15) is 18.9 Å². The van der Waals surface area contributed by atoms with Crippen LogP contribution < -0.4 is 15.2 Å². The third kappa shape index (κ3) is 3.89. The molecule has 0 amide bonds. The van der Waals surface area contributed by atoms with E-state index in [-0.39, 0.29) is 5.84 Å². The number of ether oxygens (including phenoxy) is 2. The summed E-state index contributed by atoms with van der Waals surface area (Å²) < 4.78 is 11.5. The van der Waals surface area contributed by atoms with Crippen LogP contribution >= 0.6 is 11.6 Å². The average molecular weight is 305 g/mol. The molecule has 0 spiro atoms. The van der Waals surface area contributed by atoms with Gasteiger partial charge in [-0.05, 0) is 30.7 Å². The van der Waals surface area contributed by atoms with Gasteiger partial charge in [0.1, 0.15) is 11.6 Å². The molecule has 5 heteroatoms. The number of hydrogen-bond acceptors (Lipinski definition) is 3. The van der Waals surface area contributed by atoms with Crippen LogP contribution in [0, 0.1) is 5.41 Å². The van der Waals surface area contributed by atoms with Crippen LogP contribution in [-0.2, 0) is 0 Å². The molecule has 110 valence electrons. The van der Waals surface area contributed by atoms with Gasteiger partial charge in [0.25, 0.3) is 0 Å². The highest BCUT2D eigenvalue weighted by Gasteiger charge is 2.11. The Hall–Kier alpha value is -2.20. The van der Waals surface area contributed by atoms with E-state index in [9.17, 15) is 0 Å². The lowest BCUT2D eigenvalue weighted by molar-refractivity contribution is 0.302. The zero-order valence-corrected chi connectivity index (χ0v) is 12.5. The Morgan fingerprint density at radius 1 is 1.14 bits per heavy atom. The van der Waals surface area contributed by atoms with Gasteiger partial charge in [-0.15, -0.1) is 0 Å². The minimum absolute atomic E-state index is 0.0753. The molecule has 4 nitrogen and oxygen atoms in total. The van der Waals surface area contributed by atoms with E-state index in [1.54, 1.807) is 24.3 Å². The highest BCUT2D eigenvalue weighted by Crippen LogP contribution is 2.34. The van der Waals surface area contributed by atoms with Gasteiger partial charge in [0, 0.05) is 11.1 Å². The average Bonchev–Trinajstić information content (AvgIpc) is 2.46. The van der Waals surface area contributed by atoms with Gasteiger partial charge >= 0.3 is 0 Å². The molecule has 0 saturated heterocycles. The van der Waals surface area contributed by atoms with Gasteiger partial charge in [0.15, 0.2) is 11.5 Å². The van der Waals surface area contributed by atoms with Gasteiger partial charge in [-0.3, -0.25) is 5.41 Å². The molecule has 0 bridgehead atoms. The molecule has 0 aliphatic carbocycles. The van der Waals surface area contributed by atoms with Crippen LogP contribution in [0.25, 0.3) is 0 Å². The first kappa shape index (κ1) is 15.2. The van der Waals surface area contributed by atoms with Gasteiger partial charge in [0.05, 0.1) is 12.2 Å². The lowest BCUT2D eigenvalue weighted by atomic mass is 10.2. The van der Waals surface area contributed by atoms with Gasteiger partial charge in [-0.1, -0.05) is 30.7 Å². The summed E-state index contributed by atoms with van der Waals surface area (Å²) in [4.78, 5) is 0. The largest absolute Gasteiger partial charge is 0.490 e. The van der Waals surface area contributed by atoms with Crippen LogP contribution in [0.4, 0.5) is 0 Å². The second kappa shape index (κ2) is 6.99. The maximum atomic E-state index is 7.60. The molecule has 0 fully saturated rings. The van der Waals surface area contributed by atoms with E-state index in [4.69, 9.17) is 32.2 Å². The first-order valence-corrected chi connectivity index (χ1v) is 7.03. The van der Waals surface area contributed by atoms with Crippen LogP contribution in [0.5, 0.6) is 17.2 Å². The monoisotopic (exact) mass is 304 g/mol. The molecule has 2 aromatic carbocycles. The van der Waals surface area contributed by atoms with E-state index in [1.807, 2.05) is 25.1 Å². The summed E-state index contributed by atoms with van der Waals surface area (Å²) in [6.07, 6.45) is 0.907. The van der Waals surface area contributed by atoms with Crippen LogP contribution in [-0.4, -0.2) is 12.4 Å². The molecule has 2 rings (SSSR count). The normalized spacial score (nSPS) is 10.2. The third-order valence-electron chi connectivity index (χ3n) is 2.76. The number of amidine groups is 1. The topological polar surface area (TPSA) is 68.3 Å². The highest BCUT2D eigenvalue weighted by atomic mass is 35.5. The van der Waals surface area contributed by atoms with E-state index < -0.39 is 0 Å². The third-order valence-corrected chi connectivity index (χ3v) is 3.00. The molecule has 0 aromatic heterocycles. The van der Waals surface area contributed by atoms with E-state index in [1.165, 1.54) is 0 Å². The Labute approximate surface area is 129 Å². The number of hydrogen-bond donors (Lipinski definition) is 2. The molecule has 2 aromatic rings. The minimum atomic E-state index is -0.0753. The zero-order valence-electron chi connectivity index (χ0n) is 11.7. The first-order valence-electron chi connectivity index (χ1n) is 6.65. The van der Waals surface area contributed by atoms with Crippen LogP contribution in [0.15, 0.2) is 42.5 Å². The molecule has 0 aliphatic rings. The molecule has 0 aliphatic heterocycles. The summed E-state index contributed by atoms with van der Waals surface area (Å²) in [5, 5.41) is 8.12. The van der Waals surface area contributed by atoms with Crippen molar-refractivity contribution < 1.29 is 9.47 Å². The number of nitrogens with two attached hydrogens (primary N) is 1. The Morgan fingerprint density at radius 3 is 2.52 bits per heavy atom. The van der Waals surface area contributed by atoms with Gasteiger partial charge in [-0.2, -0.15) is 0 Å². The SMILES string of the molecule is CCCOc1ccccc1Oc1cc(Cl)ccc1C(=N)N. The lowest BCUT2D eigenvalue weighted by Crippen LogP contribution is -2.12. The van der Waals surface area contributed by atoms with Crippen molar-refractivity contribution in [1.82, 2.24) is 0 Å². The highest BCUT2D eigenvalue weighted by molar-refractivity contribution is 6.30. The summed E-state index contributed by atoms with van der Waals surface area (Å²) in [6, 6.07) is 12.3. The van der Waals surface area contributed by atoms with E-state index >= 15 is 0 Å². The van der Waals surface area contributed by atoms with Crippen molar-refractivity contribution in [2.24, 2.45) is 5.73 Å². The van der Waals surface area contributed by atoms with Crippen molar-refractivity contribution in [2.45, 2.75) is 13.3 Å². The maximum absolute atomic E-state index is 7.60. The van der Waals surface area contributed by atoms with Crippen LogP contribution in [0.3, 0.4) is 0 Å². The Kier molecular flexibility index (Phi) is 5.06. The minimum Gasteiger partial charge on any atom is -0.490 e. The Morgan fingerprint density at radius 2 is 1.86 bits per heavy atom. The summed E-state index contributed by atoms with van der Waals surface area (Å²) in [5.41, 5.74) is 6.06. The Bertz CT molecular complexity index is 644. The molecule has 0 heterocycles. The number of benzene rings is 2. The second-order valence-corrected chi connectivity index (χ2v) is 4.89. The predicted molar refractivity (Wildman–Crippen MR) is 84.8 cm³/mol. The molecule has 21 heavy (non-hydrogen) atoms. The Balaban J connectivity index is 2.34. The molecule has 3 N–H and O–H groups in total. The van der Waals surface area contributed by atoms with Gasteiger partial charge in [0.2, 0.25) is 0 Å². The standard InChI is InChI=1S/C16H17ClN2O2/c1-2-9-20-13-5-3-4-6-14(13)21-15-10-11(17)7-8-12(15)16(18)19/h3-8,10H,2,9H2,1H3,(H3,18,19). The molecule has 0 atom stereocenters. The fraction of sp³-hybridized carbons (Fsp3) is 0.188. The summed E-state index contributed by atoms with van der Waals surface area (Å²) in [6.45, 7) is 2.64. The van der Waals surface area contributed by atoms with E-state index in [0.717, 1.165) is 6.42 Å². The maximum Gasteiger partial charge on any atom is 0.169 e. The first-order chi connectivity index (χ1) is 10.1. The fourth-order valence-electron chi connectivity index (χ4n) is 1.79. The predicted octanol–water partition coefficient (Wildman–Crippen LogP) is 4.21. The number of rotatable bonds is 6. The number of para-hydroxylation sites is 2. The summed E-state index contributed by atoms with van der Waals surface area (Å²) in [5.74, 6) is 1.57. The zero-order chi connectivity index (χ0) is 15.2. The molecular weight excluding hydrogens is 288 g/mol. The fourth-order valence-corrected chi connectivity index (χ4v) is 1.95. The van der Waals surface area contributed by atoms with Gasteiger partial charge < -0.3 is 15.2 Å². The van der Waals surface area contributed by atoms with Crippen molar-refractivity contribution in [2.75, 3.05) is 6.61 Å². The van der Waals surface area contributed by atoms with Crippen molar-refractivity contribution in [3.05, 3.63) is 53.1 Å². The van der Waals surface area contributed by atoms with Crippen molar-refractivity contribution in [3.8, 4) is 17.2 Å². The summed E-state index contributed by atoms with van der Waals surface area (Å²) >= 11 is 5.99. The van der Waals surface area contributed by atoms with Crippen molar-refractivity contribution >= 4 is 17.4 Å². The molecule has 0 saturated carbocycles. The second-order valence-electron chi connectivity index (χ2n) is 4.45. The van der Waals surface area contributed by atoms with Crippen molar-refractivity contribution in [1.29, 1.82) is 5.41 Å². The smallest absolute Gasteiger partial charge is 0.169 e. The van der Waals surface area contributed by atoms with E-state index in [0.29, 0.717) is 34.4 Å². The summed E-state index contributed by atoms with van der Waals surface area (Å²) in [7, 11) is 0. The molecule has 0 unspecified atom stereocenters. The number of nitrogens with one attached hydrogen (secondary N) is 1. The van der Waals surface area contributed by atoms with E-state index in [2.05, 4.69) is 0 Å². The molecule has 0 radical (unpaired) electrons. The van der Waals surface area contributed by atoms with Crippen LogP contribution in [0.2, 0.25) is 5.02 Å².